The molecule has 0 radical (unpaired) electrons. The van der Waals surface area contributed by atoms with E-state index in [0.29, 0.717) is 0 Å². The number of carbonyl (C=O) groups is 1. The van der Waals surface area contributed by atoms with Crippen LogP contribution in [0.25, 0.3) is 0 Å². The van der Waals surface area contributed by atoms with E-state index in [9.17, 15) is 13.2 Å². The highest BCUT2D eigenvalue weighted by molar-refractivity contribution is 5.70. The predicted molar refractivity (Wildman–Crippen MR) is 45.7 cm³/mol. The van der Waals surface area contributed by atoms with Crippen LogP contribution in [0.15, 0.2) is 11.6 Å². The zero-order chi connectivity index (χ0) is 12.6. The molecule has 1 fully saturated rings. The number of alkyl halides is 3. The molecular weight excluding hydrogens is 225 g/mol. The maximum absolute atomic E-state index is 10.5. The maximum Gasteiger partial charge on any atom is 0.430 e. The molecule has 7 heteroatoms. The van der Waals surface area contributed by atoms with Crippen LogP contribution in [0.4, 0.5) is 13.2 Å². The number of carboxylic acids is 1. The molecule has 2 N–H and O–H groups in total. The molecule has 1 aliphatic rings. The molecule has 1 heterocycles. The lowest BCUT2D eigenvalue weighted by atomic mass is 10.1. The second-order valence-corrected chi connectivity index (χ2v) is 3.08. The molecular formula is C9H11F3N2O2. The Morgan fingerprint density at radius 3 is 2.19 bits per heavy atom. The van der Waals surface area contributed by atoms with Crippen LogP contribution in [-0.4, -0.2) is 25.2 Å². The highest BCUT2D eigenvalue weighted by Crippen LogP contribution is 2.11. The molecule has 1 saturated heterocycles. The first-order valence-corrected chi connectivity index (χ1v) is 4.55. The van der Waals surface area contributed by atoms with Crippen LogP contribution in [0.2, 0.25) is 0 Å². The van der Waals surface area contributed by atoms with Gasteiger partial charge < -0.3 is 15.2 Å². The monoisotopic (exact) mass is 236 g/mol. The Kier molecular flexibility index (Phi) is 6.18. The molecule has 0 aliphatic carbocycles. The standard InChI is InChI=1S/C7H10N2.C2HF3O2/c8-4-1-7-2-5-9-6-3-7;3-2(4,5)1(6)7/h1,9H,2-3,5-6H2;(H,6,7). The van der Waals surface area contributed by atoms with E-state index in [-0.39, 0.29) is 0 Å². The van der Waals surface area contributed by atoms with Crippen molar-refractivity contribution < 1.29 is 28.4 Å². The summed E-state index contributed by atoms with van der Waals surface area (Å²) in [5.41, 5.74) is 1.32. The van der Waals surface area contributed by atoms with Crippen LogP contribution in [-0.2, 0) is 4.79 Å². The van der Waals surface area contributed by atoms with Crippen molar-refractivity contribution in [3.8, 4) is 6.07 Å². The highest BCUT2D eigenvalue weighted by Gasteiger charge is 2.28. The minimum absolute atomic E-state index is 1.10. The van der Waals surface area contributed by atoms with E-state index in [1.54, 1.807) is 6.08 Å². The van der Waals surface area contributed by atoms with Crippen LogP contribution < -0.4 is 10.4 Å². The first kappa shape index (κ1) is 14.5. The van der Waals surface area contributed by atoms with Crippen molar-refractivity contribution in [3.63, 3.8) is 0 Å². The fraction of sp³-hybridized carbons (Fsp3) is 0.556. The van der Waals surface area contributed by atoms with Crippen molar-refractivity contribution >= 4 is 5.97 Å². The number of carboxylic acid groups (broad SMARTS) is 1. The van der Waals surface area contributed by atoms with Gasteiger partial charge in [-0.3, -0.25) is 0 Å². The van der Waals surface area contributed by atoms with E-state index in [1.807, 2.05) is 0 Å². The van der Waals surface area contributed by atoms with Gasteiger partial charge in [0.1, 0.15) is 5.97 Å². The summed E-state index contributed by atoms with van der Waals surface area (Å²) in [5, 5.41) is 19.4. The van der Waals surface area contributed by atoms with Gasteiger partial charge in [-0.25, -0.2) is 0 Å². The van der Waals surface area contributed by atoms with E-state index in [1.165, 1.54) is 5.57 Å². The van der Waals surface area contributed by atoms with Gasteiger partial charge in [-0.2, -0.15) is 18.4 Å². The molecule has 0 spiro atoms. The number of hydrogen-bond acceptors (Lipinski definition) is 3. The SMILES string of the molecule is N#CC=C1CC[NH2+]CC1.O=C([O-])C(F)(F)F. The molecule has 0 atom stereocenters. The molecule has 1 rings (SSSR count). The number of allylic oxidation sites excluding steroid dienone is 1. The lowest BCUT2D eigenvalue weighted by Crippen LogP contribution is -2.85. The predicted octanol–water partition coefficient (Wildman–Crippen LogP) is -0.908. The molecule has 1 aliphatic heterocycles. The Morgan fingerprint density at radius 2 is 1.88 bits per heavy atom. The van der Waals surface area contributed by atoms with E-state index in [2.05, 4.69) is 11.4 Å². The van der Waals surface area contributed by atoms with Gasteiger partial charge in [0.25, 0.3) is 0 Å². The van der Waals surface area contributed by atoms with Crippen molar-refractivity contribution in [1.82, 2.24) is 0 Å². The lowest BCUT2D eigenvalue weighted by Gasteiger charge is -2.10. The molecule has 0 unspecified atom stereocenters. The minimum Gasteiger partial charge on any atom is -0.542 e. The topological polar surface area (TPSA) is 80.5 Å². The molecule has 0 aromatic rings. The van der Waals surface area contributed by atoms with Crippen LogP contribution in [0.5, 0.6) is 0 Å². The van der Waals surface area contributed by atoms with Crippen molar-refractivity contribution in [2.75, 3.05) is 13.1 Å². The summed E-state index contributed by atoms with van der Waals surface area (Å²) in [4.78, 5) is 8.78. The van der Waals surface area contributed by atoms with Gasteiger partial charge in [0.2, 0.25) is 0 Å². The normalized spacial score (nSPS) is 15.5. The van der Waals surface area contributed by atoms with Crippen LogP contribution in [0.3, 0.4) is 0 Å². The summed E-state index contributed by atoms with van der Waals surface area (Å²) in [5.74, 6) is -3.01. The zero-order valence-corrected chi connectivity index (χ0v) is 8.38. The molecule has 0 saturated carbocycles. The molecule has 0 aromatic heterocycles. The number of halogens is 3. The van der Waals surface area contributed by atoms with Crippen molar-refractivity contribution in [2.45, 2.75) is 19.0 Å². The Morgan fingerprint density at radius 1 is 1.44 bits per heavy atom. The Hall–Kier alpha value is -1.55. The molecule has 4 nitrogen and oxygen atoms in total. The lowest BCUT2D eigenvalue weighted by molar-refractivity contribution is -0.658. The van der Waals surface area contributed by atoms with Gasteiger partial charge in [0.05, 0.1) is 19.2 Å². The Labute approximate surface area is 90.4 Å². The average Bonchev–Trinajstić information content (AvgIpc) is 2.19. The number of nitrogens with zero attached hydrogens (tertiary/aromatic N) is 1. The Bertz CT molecular complexity index is 297. The van der Waals surface area contributed by atoms with Crippen LogP contribution in [0, 0.1) is 11.3 Å². The molecule has 90 valence electrons. The summed E-state index contributed by atoms with van der Waals surface area (Å²) in [7, 11) is 0. The Balaban J connectivity index is 0.000000293. The van der Waals surface area contributed by atoms with Gasteiger partial charge >= 0.3 is 6.18 Å². The maximum atomic E-state index is 10.5. The largest absolute Gasteiger partial charge is 0.542 e. The van der Waals surface area contributed by atoms with E-state index in [0.717, 1.165) is 25.9 Å². The first-order valence-electron chi connectivity index (χ1n) is 4.55. The number of carbonyl (C=O) groups excluding carboxylic acids is 1. The van der Waals surface area contributed by atoms with Crippen molar-refractivity contribution in [3.05, 3.63) is 11.6 Å². The van der Waals surface area contributed by atoms with E-state index >= 15 is 0 Å². The summed E-state index contributed by atoms with van der Waals surface area (Å²) >= 11 is 0. The molecule has 0 bridgehead atoms. The molecule has 0 amide bonds. The number of hydrogen-bond donors (Lipinski definition) is 1. The highest BCUT2D eigenvalue weighted by atomic mass is 19.4. The summed E-state index contributed by atoms with van der Waals surface area (Å²) in [6.07, 6.45) is -1.30. The summed E-state index contributed by atoms with van der Waals surface area (Å²) in [6.45, 7) is 2.32. The van der Waals surface area contributed by atoms with Crippen molar-refractivity contribution in [2.24, 2.45) is 0 Å². The number of nitriles is 1. The van der Waals surface area contributed by atoms with Gasteiger partial charge in [-0.1, -0.05) is 0 Å². The van der Waals surface area contributed by atoms with Gasteiger partial charge in [0.15, 0.2) is 0 Å². The number of quaternary nitrogens is 1. The fourth-order valence-electron chi connectivity index (χ4n) is 1.08. The number of rotatable bonds is 0. The number of nitrogens with two attached hydrogens (primary N) is 1. The molecule has 0 aromatic carbocycles. The summed E-state index contributed by atoms with van der Waals surface area (Å²) in [6, 6.07) is 2.06. The number of piperidine rings is 1. The zero-order valence-electron chi connectivity index (χ0n) is 8.38. The third-order valence-corrected chi connectivity index (χ3v) is 1.84. The van der Waals surface area contributed by atoms with Gasteiger partial charge in [-0.15, -0.1) is 0 Å². The third-order valence-electron chi connectivity index (χ3n) is 1.84. The van der Waals surface area contributed by atoms with Crippen LogP contribution >= 0.6 is 0 Å². The third kappa shape index (κ3) is 6.84. The second-order valence-electron chi connectivity index (χ2n) is 3.08. The summed E-state index contributed by atoms with van der Waals surface area (Å²) < 4.78 is 31.5. The fourth-order valence-corrected chi connectivity index (χ4v) is 1.08. The first-order chi connectivity index (χ1) is 7.38. The van der Waals surface area contributed by atoms with E-state index in [4.69, 9.17) is 15.2 Å². The second kappa shape index (κ2) is 6.85. The average molecular weight is 236 g/mol. The van der Waals surface area contributed by atoms with Gasteiger partial charge in [0, 0.05) is 18.9 Å². The van der Waals surface area contributed by atoms with Crippen LogP contribution in [0.1, 0.15) is 12.8 Å². The quantitative estimate of drug-likeness (QED) is 0.553. The van der Waals surface area contributed by atoms with Gasteiger partial charge in [-0.05, 0) is 5.57 Å². The molecule has 16 heavy (non-hydrogen) atoms. The number of aliphatic carboxylic acids is 1. The van der Waals surface area contributed by atoms with E-state index < -0.39 is 12.1 Å². The smallest absolute Gasteiger partial charge is 0.430 e. The van der Waals surface area contributed by atoms with Crippen molar-refractivity contribution in [1.29, 1.82) is 5.26 Å². The minimum atomic E-state index is -5.19.